The van der Waals surface area contributed by atoms with Gasteiger partial charge in [-0.25, -0.2) is 8.42 Å². The Hall–Kier alpha value is -1.80. The van der Waals surface area contributed by atoms with E-state index in [1.165, 1.54) is 24.6 Å². The SMILES string of the molecule is CCC(C)NC(=O)C1CCCN(S(=O)(=O)c2cc(OC)ccc2OC)C1. The second-order valence-electron chi connectivity index (χ2n) is 6.54. The fourth-order valence-corrected chi connectivity index (χ4v) is 4.66. The van der Waals surface area contributed by atoms with Crippen LogP contribution in [0.3, 0.4) is 0 Å². The highest BCUT2D eigenvalue weighted by Crippen LogP contribution is 2.32. The molecular weight excluding hydrogens is 356 g/mol. The van der Waals surface area contributed by atoms with Crippen molar-refractivity contribution in [1.82, 2.24) is 9.62 Å². The lowest BCUT2D eigenvalue weighted by atomic mass is 9.98. The number of hydrogen-bond donors (Lipinski definition) is 1. The molecule has 0 saturated carbocycles. The minimum absolute atomic E-state index is 0.0577. The summed E-state index contributed by atoms with van der Waals surface area (Å²) in [6.45, 7) is 4.49. The Morgan fingerprint density at radius 3 is 2.69 bits per heavy atom. The lowest BCUT2D eigenvalue weighted by Gasteiger charge is -2.32. The van der Waals surface area contributed by atoms with Crippen molar-refractivity contribution < 1.29 is 22.7 Å². The molecule has 0 radical (unpaired) electrons. The molecule has 2 atom stereocenters. The molecule has 2 unspecified atom stereocenters. The maximum absolute atomic E-state index is 13.1. The standard InChI is InChI=1S/C18H28N2O5S/c1-5-13(2)19-18(21)14-7-6-10-20(12-14)26(22,23)17-11-15(24-3)8-9-16(17)25-4/h8-9,11,13-14H,5-7,10,12H2,1-4H3,(H,19,21). The zero-order valence-electron chi connectivity index (χ0n) is 15.8. The smallest absolute Gasteiger partial charge is 0.246 e. The predicted molar refractivity (Wildman–Crippen MR) is 98.9 cm³/mol. The third kappa shape index (κ3) is 4.48. The molecule has 0 bridgehead atoms. The van der Waals surface area contributed by atoms with E-state index in [1.807, 2.05) is 13.8 Å². The highest BCUT2D eigenvalue weighted by molar-refractivity contribution is 7.89. The Morgan fingerprint density at radius 2 is 2.08 bits per heavy atom. The molecule has 1 N–H and O–H groups in total. The van der Waals surface area contributed by atoms with Gasteiger partial charge in [0.15, 0.2) is 0 Å². The van der Waals surface area contributed by atoms with Gasteiger partial charge in [0, 0.05) is 25.2 Å². The number of sulfonamides is 1. The van der Waals surface area contributed by atoms with Crippen LogP contribution >= 0.6 is 0 Å². The first-order valence-electron chi connectivity index (χ1n) is 8.86. The first-order valence-corrected chi connectivity index (χ1v) is 10.3. The van der Waals surface area contributed by atoms with E-state index < -0.39 is 10.0 Å². The summed E-state index contributed by atoms with van der Waals surface area (Å²) in [7, 11) is -0.879. The summed E-state index contributed by atoms with van der Waals surface area (Å²) in [6.07, 6.45) is 2.16. The van der Waals surface area contributed by atoms with Crippen LogP contribution < -0.4 is 14.8 Å². The highest BCUT2D eigenvalue weighted by atomic mass is 32.2. The van der Waals surface area contributed by atoms with Crippen molar-refractivity contribution in [2.75, 3.05) is 27.3 Å². The summed E-state index contributed by atoms with van der Waals surface area (Å²) < 4.78 is 38.0. The molecule has 0 aromatic heterocycles. The minimum atomic E-state index is -3.79. The third-order valence-corrected chi connectivity index (χ3v) is 6.63. The number of nitrogens with one attached hydrogen (secondary N) is 1. The number of amides is 1. The Morgan fingerprint density at radius 1 is 1.35 bits per heavy atom. The normalized spacial score (nSPS) is 19.6. The van der Waals surface area contributed by atoms with Gasteiger partial charge in [0.25, 0.3) is 0 Å². The van der Waals surface area contributed by atoms with Gasteiger partial charge in [-0.2, -0.15) is 4.31 Å². The molecule has 26 heavy (non-hydrogen) atoms. The van der Waals surface area contributed by atoms with Crippen molar-refractivity contribution in [3.8, 4) is 11.5 Å². The molecule has 1 amide bonds. The summed E-state index contributed by atoms with van der Waals surface area (Å²) in [6, 6.07) is 4.75. The van der Waals surface area contributed by atoms with E-state index in [0.29, 0.717) is 25.1 Å². The molecule has 0 spiro atoms. The van der Waals surface area contributed by atoms with Crippen LogP contribution in [-0.4, -0.2) is 52.0 Å². The first-order chi connectivity index (χ1) is 12.3. The molecule has 1 fully saturated rings. The van der Waals surface area contributed by atoms with E-state index >= 15 is 0 Å². The van der Waals surface area contributed by atoms with Crippen LogP contribution in [0.15, 0.2) is 23.1 Å². The summed E-state index contributed by atoms with van der Waals surface area (Å²) in [5.74, 6) is 0.269. The molecule has 1 aromatic rings. The maximum atomic E-state index is 13.1. The first kappa shape index (κ1) is 20.5. The molecule has 1 aromatic carbocycles. The van der Waals surface area contributed by atoms with Crippen molar-refractivity contribution in [1.29, 1.82) is 0 Å². The number of benzene rings is 1. The van der Waals surface area contributed by atoms with E-state index in [4.69, 9.17) is 9.47 Å². The number of piperidine rings is 1. The number of carbonyl (C=O) groups excluding carboxylic acids is 1. The van der Waals surface area contributed by atoms with Crippen LogP contribution in [0, 0.1) is 5.92 Å². The Balaban J connectivity index is 2.25. The number of hydrogen-bond acceptors (Lipinski definition) is 5. The number of nitrogens with zero attached hydrogens (tertiary/aromatic N) is 1. The Labute approximate surface area is 155 Å². The van der Waals surface area contributed by atoms with E-state index in [-0.39, 0.29) is 35.1 Å². The van der Waals surface area contributed by atoms with Gasteiger partial charge >= 0.3 is 0 Å². The molecule has 7 nitrogen and oxygen atoms in total. The van der Waals surface area contributed by atoms with E-state index in [2.05, 4.69) is 5.32 Å². The van der Waals surface area contributed by atoms with E-state index in [0.717, 1.165) is 6.42 Å². The molecule has 1 aliphatic rings. The molecule has 2 rings (SSSR count). The highest BCUT2D eigenvalue weighted by Gasteiger charge is 2.35. The van der Waals surface area contributed by atoms with Gasteiger partial charge in [-0.1, -0.05) is 6.92 Å². The molecule has 0 aliphatic carbocycles. The van der Waals surface area contributed by atoms with Crippen LogP contribution in [0.1, 0.15) is 33.1 Å². The lowest BCUT2D eigenvalue weighted by molar-refractivity contribution is -0.126. The average molecular weight is 384 g/mol. The van der Waals surface area contributed by atoms with Gasteiger partial charge in [0.05, 0.1) is 20.1 Å². The van der Waals surface area contributed by atoms with Gasteiger partial charge in [0.2, 0.25) is 15.9 Å². The average Bonchev–Trinajstić information content (AvgIpc) is 2.67. The lowest BCUT2D eigenvalue weighted by Crippen LogP contribution is -2.47. The molecule has 1 heterocycles. The molecule has 1 saturated heterocycles. The quantitative estimate of drug-likeness (QED) is 0.777. The summed E-state index contributed by atoms with van der Waals surface area (Å²) in [4.78, 5) is 12.5. The van der Waals surface area contributed by atoms with E-state index in [9.17, 15) is 13.2 Å². The molecule has 146 valence electrons. The van der Waals surface area contributed by atoms with Crippen molar-refractivity contribution in [3.05, 3.63) is 18.2 Å². The van der Waals surface area contributed by atoms with Crippen LogP contribution in [0.2, 0.25) is 0 Å². The molecule has 8 heteroatoms. The predicted octanol–water partition coefficient (Wildman–Crippen LogP) is 2.02. The largest absolute Gasteiger partial charge is 0.497 e. The summed E-state index contributed by atoms with van der Waals surface area (Å²) in [5, 5.41) is 2.95. The van der Waals surface area contributed by atoms with Crippen LogP contribution in [-0.2, 0) is 14.8 Å². The number of ether oxygens (including phenoxy) is 2. The Kier molecular flexibility index (Phi) is 6.88. The summed E-state index contributed by atoms with van der Waals surface area (Å²) in [5.41, 5.74) is 0. The molecule has 1 aliphatic heterocycles. The monoisotopic (exact) mass is 384 g/mol. The van der Waals surface area contributed by atoms with Gasteiger partial charge < -0.3 is 14.8 Å². The van der Waals surface area contributed by atoms with Crippen molar-refractivity contribution in [3.63, 3.8) is 0 Å². The minimum Gasteiger partial charge on any atom is -0.497 e. The topological polar surface area (TPSA) is 84.9 Å². The van der Waals surface area contributed by atoms with Crippen molar-refractivity contribution >= 4 is 15.9 Å². The fraction of sp³-hybridized carbons (Fsp3) is 0.611. The van der Waals surface area contributed by atoms with Gasteiger partial charge in [-0.15, -0.1) is 0 Å². The third-order valence-electron chi connectivity index (χ3n) is 4.74. The Bertz CT molecular complexity index is 735. The van der Waals surface area contributed by atoms with Crippen molar-refractivity contribution in [2.24, 2.45) is 5.92 Å². The maximum Gasteiger partial charge on any atom is 0.246 e. The van der Waals surface area contributed by atoms with Crippen LogP contribution in [0.4, 0.5) is 0 Å². The summed E-state index contributed by atoms with van der Waals surface area (Å²) >= 11 is 0. The second-order valence-corrected chi connectivity index (χ2v) is 8.44. The van der Waals surface area contributed by atoms with Gasteiger partial charge in [0.1, 0.15) is 16.4 Å². The van der Waals surface area contributed by atoms with Crippen molar-refractivity contribution in [2.45, 2.75) is 44.0 Å². The van der Waals surface area contributed by atoms with Gasteiger partial charge in [-0.05, 0) is 38.3 Å². The fourth-order valence-electron chi connectivity index (χ4n) is 2.96. The number of methoxy groups -OCH3 is 2. The van der Waals surface area contributed by atoms with Crippen LogP contribution in [0.25, 0.3) is 0 Å². The number of rotatable bonds is 7. The zero-order chi connectivity index (χ0) is 19.3. The zero-order valence-corrected chi connectivity index (χ0v) is 16.6. The number of carbonyl (C=O) groups is 1. The van der Waals surface area contributed by atoms with Crippen LogP contribution in [0.5, 0.6) is 11.5 Å². The second kappa shape index (κ2) is 8.73. The molecular formula is C18H28N2O5S. The van der Waals surface area contributed by atoms with E-state index in [1.54, 1.807) is 12.1 Å². The van der Waals surface area contributed by atoms with Gasteiger partial charge in [-0.3, -0.25) is 4.79 Å².